The van der Waals surface area contributed by atoms with Crippen LogP contribution in [-0.4, -0.2) is 16.8 Å². The van der Waals surface area contributed by atoms with Crippen LogP contribution in [0.4, 0.5) is 0 Å². The number of fused-ring (bicyclic) bond motifs is 3. The van der Waals surface area contributed by atoms with Crippen LogP contribution in [0.1, 0.15) is 34.7 Å². The van der Waals surface area contributed by atoms with Crippen molar-refractivity contribution in [2.45, 2.75) is 18.9 Å². The van der Waals surface area contributed by atoms with E-state index in [9.17, 15) is 9.90 Å². The normalized spacial score (nSPS) is 16.8. The van der Waals surface area contributed by atoms with E-state index in [4.69, 9.17) is 9.73 Å². The van der Waals surface area contributed by atoms with Gasteiger partial charge in [-0.05, 0) is 88.0 Å². The summed E-state index contributed by atoms with van der Waals surface area (Å²) in [5.41, 5.74) is 6.38. The van der Waals surface area contributed by atoms with Crippen LogP contribution >= 0.6 is 49.9 Å². The molecule has 0 spiro atoms. The minimum atomic E-state index is -0.214. The molecule has 0 saturated carbocycles. The second-order valence-electron chi connectivity index (χ2n) is 8.72. The van der Waals surface area contributed by atoms with E-state index in [1.54, 1.807) is 6.07 Å². The Hall–Kier alpha value is -2.69. The molecule has 2 heterocycles. The first kappa shape index (κ1) is 23.7. The fourth-order valence-corrected chi connectivity index (χ4v) is 6.84. The van der Waals surface area contributed by atoms with Crippen LogP contribution in [0.5, 0.6) is 11.5 Å². The standard InChI is InChI=1S/C28H20BrIN2O3S/c1-35-22-13-15(12-21(30)26(22)33)14-23-27(34)32-25(17-6-9-18(29)10-7-17)20-11-8-16-4-2-3-5-19(16)24(20)31-28(32)36-23/h2-7,9-10,12-14,25,33H,8,11H2,1H3/b23-14-/t25-/m0/s1. The highest BCUT2D eigenvalue weighted by Gasteiger charge is 2.32. The van der Waals surface area contributed by atoms with Crippen molar-refractivity contribution in [1.82, 2.24) is 4.57 Å². The number of ether oxygens (including phenoxy) is 1. The minimum absolute atomic E-state index is 0.0703. The van der Waals surface area contributed by atoms with E-state index < -0.39 is 0 Å². The Morgan fingerprint density at radius 3 is 2.72 bits per heavy atom. The molecule has 36 heavy (non-hydrogen) atoms. The molecule has 6 rings (SSSR count). The zero-order chi connectivity index (χ0) is 25.0. The lowest BCUT2D eigenvalue weighted by Crippen LogP contribution is -2.38. The minimum Gasteiger partial charge on any atom is -0.504 e. The Bertz CT molecular complexity index is 1740. The summed E-state index contributed by atoms with van der Waals surface area (Å²) in [5, 5.41) is 10.2. The van der Waals surface area contributed by atoms with E-state index in [2.05, 4.69) is 68.9 Å². The van der Waals surface area contributed by atoms with Gasteiger partial charge in [0.25, 0.3) is 5.56 Å². The Kier molecular flexibility index (Phi) is 6.13. The molecule has 5 nitrogen and oxygen atoms in total. The summed E-state index contributed by atoms with van der Waals surface area (Å²) >= 11 is 6.99. The van der Waals surface area contributed by atoms with Gasteiger partial charge in [0.15, 0.2) is 16.3 Å². The molecule has 4 aromatic rings. The van der Waals surface area contributed by atoms with Gasteiger partial charge in [-0.25, -0.2) is 4.99 Å². The summed E-state index contributed by atoms with van der Waals surface area (Å²) in [5.74, 6) is 0.471. The van der Waals surface area contributed by atoms with E-state index >= 15 is 0 Å². The van der Waals surface area contributed by atoms with Crippen molar-refractivity contribution < 1.29 is 9.84 Å². The molecular formula is C28H20BrIN2O3S. The number of aryl methyl sites for hydroxylation is 1. The molecule has 1 N–H and O–H groups in total. The quantitative estimate of drug-likeness (QED) is 0.297. The first-order valence-corrected chi connectivity index (χ1v) is 14.1. The number of halogens is 2. The summed E-state index contributed by atoms with van der Waals surface area (Å²) in [6.45, 7) is 0. The first-order valence-electron chi connectivity index (χ1n) is 11.4. The van der Waals surface area contributed by atoms with Gasteiger partial charge in [0, 0.05) is 10.0 Å². The lowest BCUT2D eigenvalue weighted by molar-refractivity contribution is 0.371. The second kappa shape index (κ2) is 9.32. The number of hydrogen-bond donors (Lipinski definition) is 1. The third-order valence-corrected chi connectivity index (χ3v) is 8.96. The van der Waals surface area contributed by atoms with Crippen molar-refractivity contribution in [2.24, 2.45) is 4.99 Å². The van der Waals surface area contributed by atoms with Crippen molar-refractivity contribution in [3.8, 4) is 11.5 Å². The van der Waals surface area contributed by atoms with Crippen molar-refractivity contribution in [1.29, 1.82) is 0 Å². The zero-order valence-electron chi connectivity index (χ0n) is 19.2. The Morgan fingerprint density at radius 1 is 1.17 bits per heavy atom. The maximum Gasteiger partial charge on any atom is 0.271 e. The van der Waals surface area contributed by atoms with E-state index in [1.165, 1.54) is 29.6 Å². The Morgan fingerprint density at radius 2 is 1.94 bits per heavy atom. The van der Waals surface area contributed by atoms with Gasteiger partial charge in [-0.1, -0.05) is 63.7 Å². The Balaban J connectivity index is 1.61. The molecule has 0 amide bonds. The van der Waals surface area contributed by atoms with Gasteiger partial charge in [-0.2, -0.15) is 0 Å². The highest BCUT2D eigenvalue weighted by atomic mass is 127. The number of hydrogen-bond acceptors (Lipinski definition) is 5. The van der Waals surface area contributed by atoms with Gasteiger partial charge in [0.05, 0.1) is 27.0 Å². The zero-order valence-corrected chi connectivity index (χ0v) is 23.7. The van der Waals surface area contributed by atoms with Gasteiger partial charge in [-0.15, -0.1) is 0 Å². The van der Waals surface area contributed by atoms with Crippen LogP contribution in [0.2, 0.25) is 0 Å². The average molecular weight is 671 g/mol. The van der Waals surface area contributed by atoms with Gasteiger partial charge in [0.1, 0.15) is 0 Å². The summed E-state index contributed by atoms with van der Waals surface area (Å²) in [6, 6.07) is 20.0. The van der Waals surface area contributed by atoms with E-state index in [-0.39, 0.29) is 17.4 Å². The van der Waals surface area contributed by atoms with Crippen LogP contribution in [0.15, 0.2) is 80.5 Å². The van der Waals surface area contributed by atoms with E-state index in [0.717, 1.165) is 39.7 Å². The van der Waals surface area contributed by atoms with E-state index in [1.807, 2.05) is 34.9 Å². The van der Waals surface area contributed by atoms with Crippen LogP contribution in [0, 0.1) is 3.57 Å². The number of methoxy groups -OCH3 is 1. The van der Waals surface area contributed by atoms with Gasteiger partial charge >= 0.3 is 0 Å². The first-order chi connectivity index (χ1) is 17.4. The molecule has 2 aliphatic rings. The molecule has 180 valence electrons. The van der Waals surface area contributed by atoms with Gasteiger partial charge < -0.3 is 9.84 Å². The van der Waals surface area contributed by atoms with Crippen LogP contribution in [0.25, 0.3) is 11.8 Å². The molecule has 0 radical (unpaired) electrons. The molecular weight excluding hydrogens is 651 g/mol. The fourth-order valence-electron chi connectivity index (χ4n) is 4.95. The number of phenols is 1. The molecule has 3 aromatic carbocycles. The third-order valence-electron chi connectivity index (χ3n) is 6.63. The number of benzene rings is 3. The second-order valence-corrected chi connectivity index (χ2v) is 11.8. The van der Waals surface area contributed by atoms with Crippen molar-refractivity contribution in [2.75, 3.05) is 7.11 Å². The number of aromatic hydroxyl groups is 1. The van der Waals surface area contributed by atoms with Gasteiger partial charge in [0.2, 0.25) is 0 Å². The van der Waals surface area contributed by atoms with Crippen LogP contribution in [0.3, 0.4) is 0 Å². The smallest absolute Gasteiger partial charge is 0.271 e. The number of rotatable bonds is 3. The summed E-state index contributed by atoms with van der Waals surface area (Å²) < 4.78 is 9.40. The van der Waals surface area contributed by atoms with Crippen molar-refractivity contribution >= 4 is 61.6 Å². The molecule has 0 fully saturated rings. The highest BCUT2D eigenvalue weighted by molar-refractivity contribution is 14.1. The molecule has 1 aromatic heterocycles. The topological polar surface area (TPSA) is 63.8 Å². The molecule has 0 saturated heterocycles. The molecule has 1 atom stereocenters. The maximum atomic E-state index is 13.9. The SMILES string of the molecule is COc1cc(/C=c2\sc3n(c2=O)[C@@H](c2ccc(Br)cc2)C2=C(N=3)c3ccccc3CC2)cc(I)c1O. The number of allylic oxidation sites excluding steroid dienone is 1. The number of thiazole rings is 1. The third kappa shape index (κ3) is 3.95. The predicted octanol–water partition coefficient (Wildman–Crippen LogP) is 5.40. The largest absolute Gasteiger partial charge is 0.504 e. The summed E-state index contributed by atoms with van der Waals surface area (Å²) in [4.78, 5) is 19.6. The molecule has 8 heteroatoms. The van der Waals surface area contributed by atoms with Gasteiger partial charge in [-0.3, -0.25) is 9.36 Å². The maximum absolute atomic E-state index is 13.9. The van der Waals surface area contributed by atoms with Crippen molar-refractivity contribution in [3.63, 3.8) is 0 Å². The number of nitrogens with zero attached hydrogens (tertiary/aromatic N) is 2. The molecule has 0 bridgehead atoms. The fraction of sp³-hybridized carbons (Fsp3) is 0.143. The highest BCUT2D eigenvalue weighted by Crippen LogP contribution is 2.41. The van der Waals surface area contributed by atoms with E-state index in [0.29, 0.717) is 18.7 Å². The lowest BCUT2D eigenvalue weighted by Gasteiger charge is -2.30. The molecule has 1 aliphatic heterocycles. The summed E-state index contributed by atoms with van der Waals surface area (Å²) in [6.07, 6.45) is 3.63. The predicted molar refractivity (Wildman–Crippen MR) is 154 cm³/mol. The van der Waals surface area contributed by atoms with Crippen molar-refractivity contribution in [3.05, 3.63) is 116 Å². The van der Waals surface area contributed by atoms with Crippen LogP contribution in [-0.2, 0) is 6.42 Å². The monoisotopic (exact) mass is 670 g/mol. The van der Waals surface area contributed by atoms with Crippen LogP contribution < -0.4 is 19.6 Å². The average Bonchev–Trinajstić information content (AvgIpc) is 3.19. The number of aromatic nitrogens is 1. The molecule has 1 aliphatic carbocycles. The lowest BCUT2D eigenvalue weighted by atomic mass is 9.83. The number of phenolic OH excluding ortho intramolecular Hbond substituents is 1. The summed E-state index contributed by atoms with van der Waals surface area (Å²) in [7, 11) is 1.52. The Labute approximate surface area is 233 Å². The molecule has 0 unspecified atom stereocenters.